The van der Waals surface area contributed by atoms with E-state index in [4.69, 9.17) is 0 Å². The summed E-state index contributed by atoms with van der Waals surface area (Å²) in [6, 6.07) is 0. The molecule has 0 spiro atoms. The molecule has 0 nitrogen and oxygen atoms in total. The lowest BCUT2D eigenvalue weighted by Crippen LogP contribution is -2.04. The molecule has 0 bridgehead atoms. The molecule has 2 unspecified atom stereocenters. The van der Waals surface area contributed by atoms with Crippen LogP contribution in [-0.4, -0.2) is 12.3 Å². The summed E-state index contributed by atoms with van der Waals surface area (Å²) in [5, 5.41) is 0. The van der Waals surface area contributed by atoms with Crippen LogP contribution >= 0.6 is 0 Å². The second kappa shape index (κ2) is 7.19. The van der Waals surface area contributed by atoms with E-state index in [0.717, 1.165) is 51.4 Å². The van der Waals surface area contributed by atoms with Crippen LogP contribution in [0.25, 0.3) is 0 Å². The summed E-state index contributed by atoms with van der Waals surface area (Å²) in [5.74, 6) is 0. The van der Waals surface area contributed by atoms with Crippen molar-refractivity contribution in [1.29, 1.82) is 0 Å². The molecule has 0 heterocycles. The molecular weight excluding hydrogens is 182 g/mol. The SMILES string of the molecule is FC1CCCCCCC(F)CCCC1. The molecule has 1 aliphatic carbocycles. The van der Waals surface area contributed by atoms with Crippen molar-refractivity contribution >= 4 is 0 Å². The van der Waals surface area contributed by atoms with E-state index in [2.05, 4.69) is 0 Å². The van der Waals surface area contributed by atoms with Gasteiger partial charge in [0.2, 0.25) is 0 Å². The molecule has 0 N–H and O–H groups in total. The van der Waals surface area contributed by atoms with Gasteiger partial charge in [0.15, 0.2) is 0 Å². The minimum Gasteiger partial charge on any atom is -0.247 e. The van der Waals surface area contributed by atoms with E-state index in [1.165, 1.54) is 0 Å². The van der Waals surface area contributed by atoms with Crippen LogP contribution in [0, 0.1) is 0 Å². The smallest absolute Gasteiger partial charge is 0.100 e. The maximum absolute atomic E-state index is 13.2. The monoisotopic (exact) mass is 204 g/mol. The minimum atomic E-state index is -0.632. The Morgan fingerprint density at radius 2 is 0.786 bits per heavy atom. The first-order chi connectivity index (χ1) is 6.79. The molecule has 0 aromatic rings. The topological polar surface area (TPSA) is 0 Å². The third-order valence-corrected chi connectivity index (χ3v) is 3.07. The average Bonchev–Trinajstić information content (AvgIpc) is 2.16. The van der Waals surface area contributed by atoms with Crippen LogP contribution in [0.1, 0.15) is 64.2 Å². The highest BCUT2D eigenvalue weighted by molar-refractivity contribution is 4.63. The van der Waals surface area contributed by atoms with Gasteiger partial charge in [0.1, 0.15) is 12.3 Å². The molecule has 2 heteroatoms. The third-order valence-electron chi connectivity index (χ3n) is 3.07. The van der Waals surface area contributed by atoms with Gasteiger partial charge in [-0.2, -0.15) is 0 Å². The Morgan fingerprint density at radius 1 is 0.500 bits per heavy atom. The first kappa shape index (κ1) is 11.9. The van der Waals surface area contributed by atoms with E-state index < -0.39 is 12.3 Å². The number of alkyl halides is 2. The summed E-state index contributed by atoms with van der Waals surface area (Å²) < 4.78 is 26.3. The van der Waals surface area contributed by atoms with Crippen LogP contribution in [0.3, 0.4) is 0 Å². The maximum atomic E-state index is 13.2. The summed E-state index contributed by atoms with van der Waals surface area (Å²) >= 11 is 0. The van der Waals surface area contributed by atoms with Crippen LogP contribution in [0.15, 0.2) is 0 Å². The van der Waals surface area contributed by atoms with E-state index in [1.54, 1.807) is 0 Å². The van der Waals surface area contributed by atoms with Crippen molar-refractivity contribution in [1.82, 2.24) is 0 Å². The zero-order valence-corrected chi connectivity index (χ0v) is 8.98. The molecule has 1 aliphatic rings. The van der Waals surface area contributed by atoms with E-state index in [1.807, 2.05) is 0 Å². The van der Waals surface area contributed by atoms with Gasteiger partial charge in [-0.1, -0.05) is 38.5 Å². The molecule has 0 amide bonds. The third kappa shape index (κ3) is 5.56. The van der Waals surface area contributed by atoms with Crippen molar-refractivity contribution < 1.29 is 8.78 Å². The molecule has 1 rings (SSSR count). The lowest BCUT2D eigenvalue weighted by molar-refractivity contribution is 0.248. The molecule has 2 atom stereocenters. The fourth-order valence-corrected chi connectivity index (χ4v) is 2.11. The zero-order chi connectivity index (χ0) is 10.2. The standard InChI is InChI=1S/C12H22F2/c13-11-7-3-1-2-4-8-12(14)10-6-5-9-11/h11-12H,1-10H2. The Balaban J connectivity index is 2.20. The quantitative estimate of drug-likeness (QED) is 0.542. The van der Waals surface area contributed by atoms with Crippen LogP contribution < -0.4 is 0 Å². The summed E-state index contributed by atoms with van der Waals surface area (Å²) in [7, 11) is 0. The predicted octanol–water partition coefficient (Wildman–Crippen LogP) is 4.58. The van der Waals surface area contributed by atoms with Crippen molar-refractivity contribution in [3.63, 3.8) is 0 Å². The van der Waals surface area contributed by atoms with Crippen LogP contribution in [-0.2, 0) is 0 Å². The first-order valence-corrected chi connectivity index (χ1v) is 6.07. The van der Waals surface area contributed by atoms with Crippen molar-refractivity contribution in [3.05, 3.63) is 0 Å². The van der Waals surface area contributed by atoms with Gasteiger partial charge in [-0.15, -0.1) is 0 Å². The average molecular weight is 204 g/mol. The summed E-state index contributed by atoms with van der Waals surface area (Å²) in [4.78, 5) is 0. The Bertz CT molecular complexity index is 120. The van der Waals surface area contributed by atoms with E-state index in [0.29, 0.717) is 12.8 Å². The first-order valence-electron chi connectivity index (χ1n) is 6.07. The molecule has 84 valence electrons. The van der Waals surface area contributed by atoms with Crippen LogP contribution in [0.4, 0.5) is 8.78 Å². The second-order valence-corrected chi connectivity index (χ2v) is 4.47. The van der Waals surface area contributed by atoms with Crippen LogP contribution in [0.5, 0.6) is 0 Å². The number of halogens is 2. The van der Waals surface area contributed by atoms with Crippen molar-refractivity contribution in [2.75, 3.05) is 0 Å². The van der Waals surface area contributed by atoms with E-state index >= 15 is 0 Å². The predicted molar refractivity (Wildman–Crippen MR) is 56.0 cm³/mol. The van der Waals surface area contributed by atoms with E-state index in [-0.39, 0.29) is 0 Å². The van der Waals surface area contributed by atoms with Gasteiger partial charge in [-0.25, -0.2) is 8.78 Å². The van der Waals surface area contributed by atoms with Gasteiger partial charge >= 0.3 is 0 Å². The number of rotatable bonds is 0. The molecule has 14 heavy (non-hydrogen) atoms. The maximum Gasteiger partial charge on any atom is 0.100 e. The molecule has 1 fully saturated rings. The molecule has 0 saturated heterocycles. The van der Waals surface area contributed by atoms with Crippen molar-refractivity contribution in [2.24, 2.45) is 0 Å². The zero-order valence-electron chi connectivity index (χ0n) is 8.98. The highest BCUT2D eigenvalue weighted by Crippen LogP contribution is 2.20. The Morgan fingerprint density at radius 3 is 1.14 bits per heavy atom. The second-order valence-electron chi connectivity index (χ2n) is 4.47. The normalized spacial score (nSPS) is 33.0. The van der Waals surface area contributed by atoms with Crippen LogP contribution in [0.2, 0.25) is 0 Å². The van der Waals surface area contributed by atoms with Crippen molar-refractivity contribution in [3.8, 4) is 0 Å². The number of hydrogen-bond acceptors (Lipinski definition) is 0. The summed E-state index contributed by atoms with van der Waals surface area (Å²) in [5.41, 5.74) is 0. The lowest BCUT2D eigenvalue weighted by Gasteiger charge is -2.12. The molecule has 0 aromatic carbocycles. The molecule has 0 aliphatic heterocycles. The Hall–Kier alpha value is -0.140. The Kier molecular flexibility index (Phi) is 6.13. The Labute approximate surface area is 86.1 Å². The fourth-order valence-electron chi connectivity index (χ4n) is 2.11. The van der Waals surface area contributed by atoms with Gasteiger partial charge in [0.25, 0.3) is 0 Å². The highest BCUT2D eigenvalue weighted by Gasteiger charge is 2.10. The van der Waals surface area contributed by atoms with Gasteiger partial charge in [-0.3, -0.25) is 0 Å². The minimum absolute atomic E-state index is 0.632. The fraction of sp³-hybridized carbons (Fsp3) is 1.00. The van der Waals surface area contributed by atoms with Gasteiger partial charge in [0, 0.05) is 0 Å². The number of hydrogen-bond donors (Lipinski definition) is 0. The summed E-state index contributed by atoms with van der Waals surface area (Å²) in [6.07, 6.45) is 7.32. The summed E-state index contributed by atoms with van der Waals surface area (Å²) in [6.45, 7) is 0. The van der Waals surface area contributed by atoms with Gasteiger partial charge < -0.3 is 0 Å². The molecule has 0 radical (unpaired) electrons. The lowest BCUT2D eigenvalue weighted by atomic mass is 9.99. The highest BCUT2D eigenvalue weighted by atomic mass is 19.1. The van der Waals surface area contributed by atoms with E-state index in [9.17, 15) is 8.78 Å². The largest absolute Gasteiger partial charge is 0.247 e. The van der Waals surface area contributed by atoms with Gasteiger partial charge in [0.05, 0.1) is 0 Å². The molecule has 0 aromatic heterocycles. The van der Waals surface area contributed by atoms with Gasteiger partial charge in [-0.05, 0) is 25.7 Å². The van der Waals surface area contributed by atoms with Crippen molar-refractivity contribution in [2.45, 2.75) is 76.6 Å². The molecule has 1 saturated carbocycles. The molecular formula is C12H22F2.